The highest BCUT2D eigenvalue weighted by Gasteiger charge is 2.14. The van der Waals surface area contributed by atoms with Crippen molar-refractivity contribution < 1.29 is 14.2 Å². The van der Waals surface area contributed by atoms with E-state index in [1.54, 1.807) is 37.4 Å². The third-order valence-electron chi connectivity index (χ3n) is 3.70. The van der Waals surface area contributed by atoms with E-state index in [1.807, 2.05) is 6.07 Å². The van der Waals surface area contributed by atoms with Crippen molar-refractivity contribution in [1.82, 2.24) is 9.66 Å². The maximum Gasteiger partial charge on any atom is 0.281 e. The Morgan fingerprint density at radius 3 is 2.48 bits per heavy atom. The molecule has 0 aliphatic heterocycles. The summed E-state index contributed by atoms with van der Waals surface area (Å²) in [6.45, 7) is 0. The SMILES string of the molecule is COc1ccc(/C=N/n2cnc3ccccc3c2=O)c(OC)c1OC. The molecule has 0 saturated heterocycles. The monoisotopic (exact) mass is 339 g/mol. The van der Waals surface area contributed by atoms with Crippen LogP contribution in [0.5, 0.6) is 17.2 Å². The van der Waals surface area contributed by atoms with Gasteiger partial charge in [-0.3, -0.25) is 4.79 Å². The van der Waals surface area contributed by atoms with Crippen molar-refractivity contribution in [2.45, 2.75) is 0 Å². The largest absolute Gasteiger partial charge is 0.493 e. The van der Waals surface area contributed by atoms with Gasteiger partial charge in [-0.25, -0.2) is 4.98 Å². The van der Waals surface area contributed by atoms with Crippen LogP contribution in [0.15, 0.2) is 52.6 Å². The van der Waals surface area contributed by atoms with Gasteiger partial charge in [-0.05, 0) is 24.3 Å². The molecule has 7 nitrogen and oxygen atoms in total. The van der Waals surface area contributed by atoms with Crippen LogP contribution in [0.25, 0.3) is 10.9 Å². The highest BCUT2D eigenvalue weighted by atomic mass is 16.5. The van der Waals surface area contributed by atoms with E-state index in [-0.39, 0.29) is 5.56 Å². The van der Waals surface area contributed by atoms with E-state index >= 15 is 0 Å². The molecule has 3 aromatic rings. The topological polar surface area (TPSA) is 74.9 Å². The van der Waals surface area contributed by atoms with Crippen LogP contribution in [0.2, 0.25) is 0 Å². The molecule has 0 unspecified atom stereocenters. The first kappa shape index (κ1) is 16.5. The Labute approximate surface area is 144 Å². The Kier molecular flexibility index (Phi) is 4.65. The Bertz CT molecular complexity index is 995. The summed E-state index contributed by atoms with van der Waals surface area (Å²) in [4.78, 5) is 16.7. The van der Waals surface area contributed by atoms with E-state index in [1.165, 1.54) is 31.4 Å². The molecule has 0 aliphatic carbocycles. The second-order valence-corrected chi connectivity index (χ2v) is 5.08. The van der Waals surface area contributed by atoms with Crippen molar-refractivity contribution in [1.29, 1.82) is 0 Å². The minimum Gasteiger partial charge on any atom is -0.493 e. The van der Waals surface area contributed by atoms with Gasteiger partial charge in [0.1, 0.15) is 6.33 Å². The van der Waals surface area contributed by atoms with Gasteiger partial charge in [0.15, 0.2) is 11.5 Å². The van der Waals surface area contributed by atoms with Crippen molar-refractivity contribution in [2.75, 3.05) is 21.3 Å². The molecule has 7 heteroatoms. The number of ether oxygens (including phenoxy) is 3. The zero-order valence-corrected chi connectivity index (χ0v) is 14.1. The maximum atomic E-state index is 12.5. The normalized spacial score (nSPS) is 11.0. The molecule has 1 heterocycles. The molecule has 0 radical (unpaired) electrons. The Morgan fingerprint density at radius 1 is 1.00 bits per heavy atom. The summed E-state index contributed by atoms with van der Waals surface area (Å²) < 4.78 is 17.2. The van der Waals surface area contributed by atoms with Gasteiger partial charge >= 0.3 is 0 Å². The summed E-state index contributed by atoms with van der Waals surface area (Å²) >= 11 is 0. The van der Waals surface area contributed by atoms with Gasteiger partial charge in [-0.2, -0.15) is 9.78 Å². The Morgan fingerprint density at radius 2 is 1.76 bits per heavy atom. The number of para-hydroxylation sites is 1. The Balaban J connectivity index is 2.06. The summed E-state index contributed by atoms with van der Waals surface area (Å²) in [5, 5.41) is 4.71. The second-order valence-electron chi connectivity index (χ2n) is 5.08. The number of benzene rings is 2. The highest BCUT2D eigenvalue weighted by molar-refractivity contribution is 5.86. The van der Waals surface area contributed by atoms with Gasteiger partial charge in [0.25, 0.3) is 5.56 Å². The minimum absolute atomic E-state index is 0.249. The number of methoxy groups -OCH3 is 3. The molecule has 128 valence electrons. The molecule has 25 heavy (non-hydrogen) atoms. The average Bonchev–Trinajstić information content (AvgIpc) is 2.66. The predicted octanol–water partition coefficient (Wildman–Crippen LogP) is 2.30. The molecule has 0 N–H and O–H groups in total. The summed E-state index contributed by atoms with van der Waals surface area (Å²) in [6.07, 6.45) is 2.90. The lowest BCUT2D eigenvalue weighted by Gasteiger charge is -2.13. The number of nitrogens with zero attached hydrogens (tertiary/aromatic N) is 3. The van der Waals surface area contributed by atoms with Gasteiger partial charge in [0.2, 0.25) is 5.75 Å². The molecule has 0 atom stereocenters. The van der Waals surface area contributed by atoms with E-state index in [4.69, 9.17) is 14.2 Å². The van der Waals surface area contributed by atoms with Gasteiger partial charge in [0, 0.05) is 5.56 Å². The third-order valence-corrected chi connectivity index (χ3v) is 3.70. The second kappa shape index (κ2) is 7.04. The average molecular weight is 339 g/mol. The lowest BCUT2D eigenvalue weighted by molar-refractivity contribution is 0.324. The summed E-state index contributed by atoms with van der Waals surface area (Å²) in [6, 6.07) is 10.6. The maximum absolute atomic E-state index is 12.5. The zero-order valence-electron chi connectivity index (χ0n) is 14.1. The highest BCUT2D eigenvalue weighted by Crippen LogP contribution is 2.38. The standard InChI is InChI=1S/C18H17N3O4/c1-23-15-9-8-12(16(24-2)17(15)25-3)10-20-21-11-19-14-7-5-4-6-13(14)18(21)22/h4-11H,1-3H3/b20-10+. The molecule has 0 bridgehead atoms. The quantitative estimate of drug-likeness (QED) is 0.667. The molecule has 0 aliphatic rings. The van der Waals surface area contributed by atoms with Gasteiger partial charge in [-0.1, -0.05) is 12.1 Å². The summed E-state index contributed by atoms with van der Waals surface area (Å²) in [5.41, 5.74) is 1.02. The van der Waals surface area contributed by atoms with E-state index < -0.39 is 0 Å². The molecular formula is C18H17N3O4. The fourth-order valence-corrected chi connectivity index (χ4v) is 2.49. The van der Waals surface area contributed by atoms with Gasteiger partial charge in [0.05, 0.1) is 38.4 Å². The zero-order chi connectivity index (χ0) is 17.8. The van der Waals surface area contributed by atoms with Gasteiger partial charge < -0.3 is 14.2 Å². The van der Waals surface area contributed by atoms with E-state index in [0.29, 0.717) is 33.7 Å². The van der Waals surface area contributed by atoms with Crippen molar-refractivity contribution in [3.8, 4) is 17.2 Å². The van der Waals surface area contributed by atoms with Crippen LogP contribution in [0.4, 0.5) is 0 Å². The predicted molar refractivity (Wildman–Crippen MR) is 95.1 cm³/mol. The summed E-state index contributed by atoms with van der Waals surface area (Å²) in [5.74, 6) is 1.46. The molecule has 0 amide bonds. The molecule has 0 fully saturated rings. The van der Waals surface area contributed by atoms with Crippen LogP contribution in [-0.4, -0.2) is 37.2 Å². The lowest BCUT2D eigenvalue weighted by Crippen LogP contribution is -2.17. The summed E-state index contributed by atoms with van der Waals surface area (Å²) in [7, 11) is 4.60. The first-order chi connectivity index (χ1) is 12.2. The molecule has 0 spiro atoms. The fourth-order valence-electron chi connectivity index (χ4n) is 2.49. The number of hydrogen-bond acceptors (Lipinski definition) is 6. The number of rotatable bonds is 5. The lowest BCUT2D eigenvalue weighted by atomic mass is 10.2. The van der Waals surface area contributed by atoms with Crippen molar-refractivity contribution in [3.05, 3.63) is 58.6 Å². The van der Waals surface area contributed by atoms with Gasteiger partial charge in [-0.15, -0.1) is 0 Å². The Hall–Kier alpha value is -3.35. The van der Waals surface area contributed by atoms with Crippen LogP contribution in [0.1, 0.15) is 5.56 Å². The molecular weight excluding hydrogens is 322 g/mol. The van der Waals surface area contributed by atoms with Crippen LogP contribution >= 0.6 is 0 Å². The molecule has 0 saturated carbocycles. The van der Waals surface area contributed by atoms with Crippen molar-refractivity contribution in [2.24, 2.45) is 5.10 Å². The van der Waals surface area contributed by atoms with Crippen LogP contribution in [0.3, 0.4) is 0 Å². The number of aromatic nitrogens is 2. The smallest absolute Gasteiger partial charge is 0.281 e. The van der Waals surface area contributed by atoms with E-state index in [2.05, 4.69) is 10.1 Å². The molecule has 1 aromatic heterocycles. The van der Waals surface area contributed by atoms with Crippen molar-refractivity contribution >= 4 is 17.1 Å². The van der Waals surface area contributed by atoms with Crippen LogP contribution in [0, 0.1) is 0 Å². The van der Waals surface area contributed by atoms with Crippen LogP contribution in [-0.2, 0) is 0 Å². The molecule has 3 rings (SSSR count). The van der Waals surface area contributed by atoms with E-state index in [9.17, 15) is 4.79 Å². The fraction of sp³-hybridized carbons (Fsp3) is 0.167. The minimum atomic E-state index is -0.249. The van der Waals surface area contributed by atoms with Crippen molar-refractivity contribution in [3.63, 3.8) is 0 Å². The first-order valence-electron chi connectivity index (χ1n) is 7.49. The third kappa shape index (κ3) is 3.03. The van der Waals surface area contributed by atoms with E-state index in [0.717, 1.165) is 0 Å². The molecule has 2 aromatic carbocycles. The number of fused-ring (bicyclic) bond motifs is 1. The first-order valence-corrected chi connectivity index (χ1v) is 7.49. The van der Waals surface area contributed by atoms with Crippen LogP contribution < -0.4 is 19.8 Å². The number of hydrogen-bond donors (Lipinski definition) is 0.